The maximum atomic E-state index is 10.4. The van der Waals surface area contributed by atoms with E-state index in [2.05, 4.69) is 28.1 Å². The van der Waals surface area contributed by atoms with Crippen molar-refractivity contribution in [1.82, 2.24) is 20.1 Å². The molecular weight excluding hydrogens is 312 g/mol. The highest BCUT2D eigenvalue weighted by Gasteiger charge is 2.22. The van der Waals surface area contributed by atoms with Gasteiger partial charge in [-0.05, 0) is 38.3 Å². The highest BCUT2D eigenvalue weighted by Crippen LogP contribution is 2.31. The van der Waals surface area contributed by atoms with Gasteiger partial charge in [0.05, 0.1) is 17.3 Å². The van der Waals surface area contributed by atoms with Crippen LogP contribution < -0.4 is 5.32 Å². The van der Waals surface area contributed by atoms with E-state index < -0.39 is 5.60 Å². The number of nitrogens with zero attached hydrogens (tertiary/aromatic N) is 3. The molecule has 136 valence electrons. The molecule has 0 bridgehead atoms. The van der Waals surface area contributed by atoms with Crippen LogP contribution in [-0.2, 0) is 6.54 Å². The molecule has 0 aromatic carbocycles. The van der Waals surface area contributed by atoms with Crippen LogP contribution >= 0.6 is 0 Å². The Morgan fingerprint density at radius 3 is 2.80 bits per heavy atom. The topological polar surface area (TPSA) is 63.0 Å². The molecule has 1 atom stereocenters. The lowest BCUT2D eigenvalue weighted by Gasteiger charge is -2.23. The van der Waals surface area contributed by atoms with Crippen molar-refractivity contribution < 1.29 is 5.11 Å². The van der Waals surface area contributed by atoms with Crippen molar-refractivity contribution in [1.29, 1.82) is 0 Å². The molecule has 1 unspecified atom stereocenters. The first kappa shape index (κ1) is 18.1. The first-order chi connectivity index (χ1) is 12.1. The van der Waals surface area contributed by atoms with Crippen LogP contribution in [0.2, 0.25) is 0 Å². The Labute approximate surface area is 150 Å². The third-order valence-corrected chi connectivity index (χ3v) is 5.02. The second kappa shape index (κ2) is 8.11. The van der Waals surface area contributed by atoms with Crippen LogP contribution in [0, 0.1) is 0 Å². The van der Waals surface area contributed by atoms with E-state index in [9.17, 15) is 5.11 Å². The van der Waals surface area contributed by atoms with Crippen molar-refractivity contribution in [2.45, 2.75) is 70.6 Å². The number of hydrogen-bond donors (Lipinski definition) is 2. The molecule has 5 nitrogen and oxygen atoms in total. The lowest BCUT2D eigenvalue weighted by atomic mass is 10.0. The summed E-state index contributed by atoms with van der Waals surface area (Å²) in [6, 6.07) is 6.45. The molecule has 1 fully saturated rings. The fourth-order valence-corrected chi connectivity index (χ4v) is 3.73. The number of aliphatic hydroxyl groups is 1. The number of aromatic nitrogens is 3. The van der Waals surface area contributed by atoms with Crippen LogP contribution in [0.15, 0.2) is 30.6 Å². The monoisotopic (exact) mass is 342 g/mol. The van der Waals surface area contributed by atoms with Crippen molar-refractivity contribution in [2.75, 3.05) is 6.54 Å². The second-order valence-electron chi connectivity index (χ2n) is 7.49. The molecule has 0 saturated heterocycles. The predicted molar refractivity (Wildman–Crippen MR) is 100 cm³/mol. The second-order valence-corrected chi connectivity index (χ2v) is 7.49. The third kappa shape index (κ3) is 4.67. The smallest absolute Gasteiger partial charge is 0.115 e. The predicted octanol–water partition coefficient (Wildman–Crippen LogP) is 3.70. The summed E-state index contributed by atoms with van der Waals surface area (Å²) in [6.45, 7) is 5.26. The van der Waals surface area contributed by atoms with Crippen molar-refractivity contribution >= 4 is 0 Å². The molecule has 0 radical (unpaired) electrons. The van der Waals surface area contributed by atoms with Gasteiger partial charge in [0.15, 0.2) is 0 Å². The average molecular weight is 342 g/mol. The highest BCUT2D eigenvalue weighted by atomic mass is 16.3. The van der Waals surface area contributed by atoms with Gasteiger partial charge in [0.1, 0.15) is 5.69 Å². The van der Waals surface area contributed by atoms with E-state index in [1.165, 1.54) is 25.7 Å². The quantitative estimate of drug-likeness (QED) is 0.768. The fraction of sp³-hybridized carbons (Fsp3) is 0.600. The zero-order valence-electron chi connectivity index (χ0n) is 15.4. The van der Waals surface area contributed by atoms with Crippen LogP contribution in [0.5, 0.6) is 0 Å². The Bertz CT molecular complexity index is 660. The molecule has 2 aromatic rings. The molecule has 1 aliphatic rings. The van der Waals surface area contributed by atoms with Crippen molar-refractivity contribution in [3.8, 4) is 11.4 Å². The van der Waals surface area contributed by atoms with Gasteiger partial charge < -0.3 is 10.4 Å². The van der Waals surface area contributed by atoms with E-state index in [0.29, 0.717) is 19.1 Å². The summed E-state index contributed by atoms with van der Waals surface area (Å²) < 4.78 is 2.14. The lowest BCUT2D eigenvalue weighted by molar-refractivity contribution is 0.0498. The number of pyridine rings is 1. The first-order valence-corrected chi connectivity index (χ1v) is 9.51. The minimum atomic E-state index is -0.665. The average Bonchev–Trinajstić information content (AvgIpc) is 3.25. The summed E-state index contributed by atoms with van der Waals surface area (Å²) >= 11 is 0. The van der Waals surface area contributed by atoms with Gasteiger partial charge in [-0.2, -0.15) is 5.10 Å². The molecule has 2 aromatic heterocycles. The summed E-state index contributed by atoms with van der Waals surface area (Å²) in [5, 5.41) is 18.6. The molecule has 1 aliphatic carbocycles. The van der Waals surface area contributed by atoms with Crippen molar-refractivity contribution in [2.24, 2.45) is 0 Å². The summed E-state index contributed by atoms with van der Waals surface area (Å²) in [7, 11) is 0. The first-order valence-electron chi connectivity index (χ1n) is 9.51. The van der Waals surface area contributed by atoms with Crippen molar-refractivity contribution in [3.63, 3.8) is 0 Å². The molecule has 0 spiro atoms. The van der Waals surface area contributed by atoms with Crippen LogP contribution in [0.4, 0.5) is 0 Å². The maximum Gasteiger partial charge on any atom is 0.115 e. The Morgan fingerprint density at radius 2 is 2.12 bits per heavy atom. The molecule has 2 N–H and O–H groups in total. The summed E-state index contributed by atoms with van der Waals surface area (Å²) in [5.74, 6) is 0. The molecule has 0 aliphatic heterocycles. The number of hydrogen-bond acceptors (Lipinski definition) is 4. The minimum Gasteiger partial charge on any atom is -0.389 e. The standard InChI is InChI=1S/C20H30N4O/c1-3-11-20(2,25)15-21-13-16-14-24(17-8-4-5-9-17)23-19(16)18-10-6-7-12-22-18/h6-7,10,12,14,17,21,25H,3-5,8-9,11,13,15H2,1-2H3. The Balaban J connectivity index is 1.76. The van der Waals surface area contributed by atoms with E-state index in [1.54, 1.807) is 0 Å². The number of nitrogens with one attached hydrogen (secondary N) is 1. The van der Waals surface area contributed by atoms with Gasteiger partial charge in [-0.3, -0.25) is 9.67 Å². The molecule has 2 heterocycles. The van der Waals surface area contributed by atoms with Crippen LogP contribution in [0.3, 0.4) is 0 Å². The van der Waals surface area contributed by atoms with Gasteiger partial charge >= 0.3 is 0 Å². The third-order valence-electron chi connectivity index (χ3n) is 5.02. The van der Waals surface area contributed by atoms with Gasteiger partial charge in [-0.25, -0.2) is 0 Å². The normalized spacial score (nSPS) is 17.7. The van der Waals surface area contributed by atoms with Crippen molar-refractivity contribution in [3.05, 3.63) is 36.2 Å². The molecule has 1 saturated carbocycles. The largest absolute Gasteiger partial charge is 0.389 e. The van der Waals surface area contributed by atoms with Crippen LogP contribution in [0.25, 0.3) is 11.4 Å². The molecule has 0 amide bonds. The van der Waals surface area contributed by atoms with Gasteiger partial charge in [0.25, 0.3) is 0 Å². The molecule has 3 rings (SSSR count). The fourth-order valence-electron chi connectivity index (χ4n) is 3.73. The van der Waals surface area contributed by atoms with Gasteiger partial charge in [0, 0.05) is 31.0 Å². The highest BCUT2D eigenvalue weighted by molar-refractivity contribution is 5.58. The summed E-state index contributed by atoms with van der Waals surface area (Å²) in [5.41, 5.74) is 2.35. The van der Waals surface area contributed by atoms with E-state index in [4.69, 9.17) is 5.10 Å². The van der Waals surface area contributed by atoms with Gasteiger partial charge in [0.2, 0.25) is 0 Å². The molecular formula is C20H30N4O. The van der Waals surface area contributed by atoms with Gasteiger partial charge in [-0.15, -0.1) is 0 Å². The summed E-state index contributed by atoms with van der Waals surface area (Å²) in [6.07, 6.45) is 10.8. The van der Waals surface area contributed by atoms with E-state index in [-0.39, 0.29) is 0 Å². The Kier molecular flexibility index (Phi) is 5.86. The van der Waals surface area contributed by atoms with E-state index in [0.717, 1.165) is 29.8 Å². The van der Waals surface area contributed by atoms with E-state index in [1.807, 2.05) is 31.3 Å². The lowest BCUT2D eigenvalue weighted by Crippen LogP contribution is -2.37. The molecule has 5 heteroatoms. The van der Waals surface area contributed by atoms with E-state index >= 15 is 0 Å². The van der Waals surface area contributed by atoms with Gasteiger partial charge in [-0.1, -0.05) is 32.3 Å². The number of rotatable bonds is 8. The Morgan fingerprint density at radius 1 is 1.32 bits per heavy atom. The SMILES string of the molecule is CCCC(C)(O)CNCc1cn(C2CCCC2)nc1-c1ccccn1. The van der Waals surface area contributed by atoms with Crippen LogP contribution in [0.1, 0.15) is 64.0 Å². The zero-order valence-corrected chi connectivity index (χ0v) is 15.4. The zero-order chi connectivity index (χ0) is 17.7. The molecule has 25 heavy (non-hydrogen) atoms. The summed E-state index contributed by atoms with van der Waals surface area (Å²) in [4.78, 5) is 4.48. The minimum absolute atomic E-state index is 0.513. The van der Waals surface area contributed by atoms with Crippen LogP contribution in [-0.4, -0.2) is 32.0 Å². The maximum absolute atomic E-state index is 10.4. The Hall–Kier alpha value is -1.72.